The van der Waals surface area contributed by atoms with Gasteiger partial charge in [-0.25, -0.2) is 0 Å². The molecule has 0 amide bonds. The van der Waals surface area contributed by atoms with Gasteiger partial charge in [0.15, 0.2) is 0 Å². The molecular formula is C75H155B5N20O30S5. The zero-order valence-electron chi connectivity index (χ0n) is 79.3. The van der Waals surface area contributed by atoms with E-state index in [1.54, 1.807) is 48.5 Å². The lowest BCUT2D eigenvalue weighted by Crippen LogP contribution is -2.58. The number of aliphatic carboxylic acids is 5. The summed E-state index contributed by atoms with van der Waals surface area (Å²) in [6, 6.07) is -1.96. The highest BCUT2D eigenvalue weighted by Gasteiger charge is 2.62. The molecule has 0 aromatic heterocycles. The van der Waals surface area contributed by atoms with Crippen LogP contribution in [0.4, 0.5) is 0 Å². The van der Waals surface area contributed by atoms with Crippen molar-refractivity contribution in [1.29, 1.82) is 0 Å². The first-order valence-corrected chi connectivity index (χ1v) is 53.5. The van der Waals surface area contributed by atoms with Gasteiger partial charge in [0.2, 0.25) is 0 Å². The van der Waals surface area contributed by atoms with Gasteiger partial charge in [0.25, 0.3) is 51.0 Å². The Bertz CT molecular complexity index is 4470. The second kappa shape index (κ2) is 47.4. The molecule has 4 unspecified atom stereocenters. The quantitative estimate of drug-likeness (QED) is 0.0252. The second-order valence-corrected chi connectivity index (χ2v) is 49.3. The number of hydrogen-bond acceptors (Lipinski definition) is 35. The SMILES string of the molecule is CC(C)N(C(C)C1(N)CC1)S(=O)(=O)N1C[C@H](CCCB(O)O)[C@](N)(C(=O)O)C1.CC(N(C)S(=O)(=O)N1C[C@H](CCCB(O)O)[C@](N)(C(=O)O)C1)C1(N)CC1.CCCN(C(C)C1(N)CC1)S(=O)(=O)N1C[C@H](CCCB(O)O)[C@](N)(C(=O)O)C1.CCN(C(C)C1(N)CC1)S(=O)(=O)N1C[C@H](CCCB(O)O)[C@](N)(C(=O)O)C1.NCCN(CC1CC1)S(=O)(=O)N1C[C@H](CCCB(O)O)[C@](N)(C(=O)O)C1. The molecule has 780 valence electrons. The van der Waals surface area contributed by atoms with E-state index in [-0.39, 0.29) is 148 Å². The van der Waals surface area contributed by atoms with Gasteiger partial charge in [0, 0.05) is 187 Å². The van der Waals surface area contributed by atoms with E-state index in [1.165, 1.54) is 28.6 Å². The minimum Gasteiger partial charge on any atom is -0.480 e. The van der Waals surface area contributed by atoms with Crippen LogP contribution in [0.15, 0.2) is 0 Å². The van der Waals surface area contributed by atoms with Crippen molar-refractivity contribution in [3.05, 3.63) is 0 Å². The molecule has 5 saturated heterocycles. The molecule has 10 rings (SSSR count). The molecule has 60 heteroatoms. The molecule has 10 fully saturated rings. The number of rotatable bonds is 51. The van der Waals surface area contributed by atoms with E-state index in [4.69, 9.17) is 108 Å². The third kappa shape index (κ3) is 29.3. The van der Waals surface area contributed by atoms with Crippen LogP contribution in [0.5, 0.6) is 0 Å². The van der Waals surface area contributed by atoms with Crippen LogP contribution >= 0.6 is 0 Å². The maximum atomic E-state index is 13.4. The second-order valence-electron chi connectivity index (χ2n) is 39.8. The van der Waals surface area contributed by atoms with Gasteiger partial charge in [0.05, 0.1) is 0 Å². The molecule has 0 bridgehead atoms. The van der Waals surface area contributed by atoms with E-state index in [0.29, 0.717) is 64.0 Å². The van der Waals surface area contributed by atoms with Crippen molar-refractivity contribution >= 4 is 116 Å². The third-order valence-electron chi connectivity index (χ3n) is 29.4. The Morgan fingerprint density at radius 1 is 0.363 bits per heavy atom. The first-order chi connectivity index (χ1) is 62.0. The van der Waals surface area contributed by atoms with Gasteiger partial charge >= 0.3 is 65.4 Å². The van der Waals surface area contributed by atoms with E-state index in [2.05, 4.69) is 0 Å². The van der Waals surface area contributed by atoms with Gasteiger partial charge in [-0.3, -0.25) is 24.0 Å². The maximum absolute atomic E-state index is 13.4. The summed E-state index contributed by atoms with van der Waals surface area (Å²) in [4.78, 5) is 58.8. The molecule has 10 aliphatic rings. The van der Waals surface area contributed by atoms with Gasteiger partial charge in [-0.2, -0.15) is 85.1 Å². The number of nitrogens with two attached hydrogens (primary N) is 10. The van der Waals surface area contributed by atoms with Gasteiger partial charge in [0.1, 0.15) is 27.7 Å². The van der Waals surface area contributed by atoms with Crippen molar-refractivity contribution in [2.75, 3.05) is 105 Å². The molecule has 0 aromatic rings. The largest absolute Gasteiger partial charge is 0.480 e. The minimum absolute atomic E-state index is 0.00159. The molecule has 0 aromatic carbocycles. The normalized spacial score (nSPS) is 28.6. The first-order valence-electron chi connectivity index (χ1n) is 46.6. The van der Waals surface area contributed by atoms with Crippen molar-refractivity contribution in [3.8, 4) is 0 Å². The summed E-state index contributed by atoms with van der Waals surface area (Å²) >= 11 is 0. The fourth-order valence-electron chi connectivity index (χ4n) is 18.8. The van der Waals surface area contributed by atoms with Crippen LogP contribution < -0.4 is 57.3 Å². The zero-order valence-corrected chi connectivity index (χ0v) is 83.4. The molecule has 5 heterocycles. The fraction of sp³-hybridized carbons (Fsp3) is 0.933. The molecule has 5 saturated carbocycles. The number of nitrogens with zero attached hydrogens (tertiary/aromatic N) is 10. The van der Waals surface area contributed by atoms with E-state index in [1.807, 2.05) is 6.92 Å². The van der Waals surface area contributed by atoms with Gasteiger partial charge in [-0.1, -0.05) is 46.0 Å². The van der Waals surface area contributed by atoms with Crippen molar-refractivity contribution in [2.24, 2.45) is 92.8 Å². The Morgan fingerprint density at radius 3 is 0.844 bits per heavy atom. The highest BCUT2D eigenvalue weighted by molar-refractivity contribution is 7.88. The Labute approximate surface area is 796 Å². The monoisotopic (exact) mass is 2030 g/mol. The molecular weight excluding hydrogens is 1880 g/mol. The summed E-state index contributed by atoms with van der Waals surface area (Å²) in [6.07, 6.45) is 12.1. The van der Waals surface area contributed by atoms with E-state index in [0.717, 1.165) is 85.7 Å². The third-order valence-corrected chi connectivity index (χ3v) is 39.6. The van der Waals surface area contributed by atoms with Crippen molar-refractivity contribution in [3.63, 3.8) is 0 Å². The van der Waals surface area contributed by atoms with Crippen LogP contribution in [-0.4, -0.2) is 412 Å². The zero-order chi connectivity index (χ0) is 103. The molecule has 14 atom stereocenters. The van der Waals surface area contributed by atoms with E-state index < -0.39 is 220 Å². The molecule has 50 nitrogen and oxygen atoms in total. The minimum atomic E-state index is -3.98. The number of likely N-dealkylation sites (N-methyl/N-ethyl adjacent to an activating group) is 2. The molecule has 5 aliphatic heterocycles. The van der Waals surface area contributed by atoms with Crippen LogP contribution in [0.2, 0.25) is 31.6 Å². The van der Waals surface area contributed by atoms with Gasteiger partial charge in [-0.15, -0.1) is 0 Å². The predicted octanol–water partition coefficient (Wildman–Crippen LogP) is -8.14. The molecule has 0 spiro atoms. The first kappa shape index (κ1) is 120. The van der Waals surface area contributed by atoms with Gasteiger partial charge in [-0.05, 0) is 182 Å². The molecule has 35 N–H and O–H groups in total. The Balaban J connectivity index is 0.000000259. The molecule has 5 aliphatic carbocycles. The lowest BCUT2D eigenvalue weighted by molar-refractivity contribution is -0.145. The highest BCUT2D eigenvalue weighted by Crippen LogP contribution is 2.47. The van der Waals surface area contributed by atoms with Crippen molar-refractivity contribution in [2.45, 2.75) is 302 Å². The summed E-state index contributed by atoms with van der Waals surface area (Å²) in [5.74, 6) is -9.06. The van der Waals surface area contributed by atoms with E-state index in [9.17, 15) is 91.6 Å². The Kier molecular flexibility index (Phi) is 42.1. The van der Waals surface area contributed by atoms with Crippen molar-refractivity contribution < 1.29 is 142 Å². The summed E-state index contributed by atoms with van der Waals surface area (Å²) < 4.78 is 144. The number of carbonyl (C=O) groups is 5. The summed E-state index contributed by atoms with van der Waals surface area (Å²) in [7, 11) is -25.6. The topological polar surface area (TPSA) is 852 Å². The number of carboxylic acids is 5. The fourth-order valence-corrected chi connectivity index (χ4v) is 28.5. The maximum Gasteiger partial charge on any atom is 0.451 e. The number of hydrogen-bond donors (Lipinski definition) is 25. The molecule has 0 radical (unpaired) electrons. The van der Waals surface area contributed by atoms with Gasteiger partial charge < -0.3 is 133 Å². The van der Waals surface area contributed by atoms with Crippen LogP contribution in [-0.2, 0) is 75.0 Å². The van der Waals surface area contributed by atoms with Crippen LogP contribution in [0.3, 0.4) is 0 Å². The Hall–Kier alpha value is -3.78. The lowest BCUT2D eigenvalue weighted by atomic mass is 9.78. The Morgan fingerprint density at radius 2 is 0.607 bits per heavy atom. The lowest BCUT2D eigenvalue weighted by Gasteiger charge is -2.37. The predicted molar refractivity (Wildman–Crippen MR) is 504 cm³/mol. The molecule has 135 heavy (non-hydrogen) atoms. The van der Waals surface area contributed by atoms with Crippen LogP contribution in [0.1, 0.15) is 190 Å². The van der Waals surface area contributed by atoms with Crippen LogP contribution in [0.25, 0.3) is 0 Å². The smallest absolute Gasteiger partial charge is 0.451 e. The highest BCUT2D eigenvalue weighted by atomic mass is 32.2. The van der Waals surface area contributed by atoms with E-state index >= 15 is 0 Å². The number of carboxylic acid groups (broad SMARTS) is 5. The average molecular weight is 2030 g/mol. The summed E-state index contributed by atoms with van der Waals surface area (Å²) in [5.41, 5.74) is 50.1. The van der Waals surface area contributed by atoms with Crippen LogP contribution in [0, 0.1) is 35.5 Å². The average Bonchev–Trinajstić information content (AvgIpc) is 1.59. The van der Waals surface area contributed by atoms with Crippen molar-refractivity contribution in [1.82, 2.24) is 43.1 Å². The summed E-state index contributed by atoms with van der Waals surface area (Å²) in [5, 5.41) is 138. The summed E-state index contributed by atoms with van der Waals surface area (Å²) in [6.45, 7) is 13.8. The standard InChI is InChI=1S/2C16H33BN4O6S.C15H31BN4O6S.2C14H29BN4O6S/c1-11(2)21(12(3)15(18)6-7-15)28(26,27)20-9-13(5-4-8-17(24)25)16(19,10-20)14(22)23;1-3-9-21(12(2)15(18)6-7-15)28(26,27)20-10-13(5-4-8-17(24)25)16(19,11-20)14(22)23;1-3-20(11(2)14(17)6-7-14)27(25,26)19-9-12(5-4-8-16(23)24)15(18,10-19)13(21)22;1-10(13(16)5-6-13)18(2)26(24,25)19-8-11(4-3-7-15(22)23)14(17,9-19)12(20)21;16-6-7-18(8-11-3-4-11)26(24,25)19-9-12(2-1-5-15(22)23)14(17,10-19)13(20)21/h11-13,24-25H,4-10,18-19H2,1-3H3,(H,22,23);12-13,24-25H,3-11,18-19H2,1-2H3,(H,22,23);11-12,23-24H,3-10,17-18H2,1-2H3,(H,21,22);10-11,22-23H,3-9,16-17H2,1-2H3,(H,20,21);11-12,22-23H,1-10,16-17H2,(H,20,21)/t2*12?,13-,16-;11?,12-,15-;10?,11-,14-;12-,14-/m00000/s1.